The van der Waals surface area contributed by atoms with Crippen LogP contribution in [0.15, 0.2) is 42.6 Å². The molecule has 2 fully saturated rings. The lowest BCUT2D eigenvalue weighted by molar-refractivity contribution is -0.00570. The van der Waals surface area contributed by atoms with Crippen molar-refractivity contribution >= 4 is 28.6 Å². The molecule has 5 heterocycles. The third kappa shape index (κ3) is 5.45. The number of nitrogens with one attached hydrogen (secondary N) is 2. The Labute approximate surface area is 227 Å². The van der Waals surface area contributed by atoms with Gasteiger partial charge in [0.05, 0.1) is 43.6 Å². The largest absolute Gasteiger partial charge is 0.496 e. The molecule has 6 rings (SSSR count). The Hall–Kier alpha value is -3.96. The molecule has 3 aromatic heterocycles. The highest BCUT2D eigenvalue weighted by atomic mass is 16.5. The first-order valence-corrected chi connectivity index (χ1v) is 13.4. The van der Waals surface area contributed by atoms with Crippen molar-refractivity contribution in [1.29, 1.82) is 0 Å². The summed E-state index contributed by atoms with van der Waals surface area (Å²) in [5.41, 5.74) is 3.51. The third-order valence-corrected chi connectivity index (χ3v) is 7.08. The summed E-state index contributed by atoms with van der Waals surface area (Å²) in [5.74, 6) is 3.17. The molecule has 2 N–H and O–H groups in total. The number of morpholine rings is 2. The fourth-order valence-corrected chi connectivity index (χ4v) is 5.26. The van der Waals surface area contributed by atoms with E-state index in [2.05, 4.69) is 51.3 Å². The zero-order chi connectivity index (χ0) is 26.8. The van der Waals surface area contributed by atoms with Crippen LogP contribution in [0.2, 0.25) is 0 Å². The van der Waals surface area contributed by atoms with Crippen molar-refractivity contribution in [2.45, 2.75) is 32.6 Å². The number of aromatic nitrogens is 5. The molecule has 4 aromatic rings. The van der Waals surface area contributed by atoms with Gasteiger partial charge >= 0.3 is 0 Å². The van der Waals surface area contributed by atoms with E-state index in [0.717, 1.165) is 65.8 Å². The van der Waals surface area contributed by atoms with Crippen molar-refractivity contribution < 1.29 is 14.2 Å². The van der Waals surface area contributed by atoms with E-state index < -0.39 is 0 Å². The molecule has 0 bridgehead atoms. The maximum Gasteiger partial charge on any atom is 0.229 e. The number of hydrogen-bond acceptors (Lipinski definition) is 10. The average molecular weight is 531 g/mol. The molecule has 11 nitrogen and oxygen atoms in total. The van der Waals surface area contributed by atoms with Crippen molar-refractivity contribution in [3.8, 4) is 17.0 Å². The lowest BCUT2D eigenvalue weighted by Gasteiger charge is -2.36. The molecule has 2 aliphatic rings. The van der Waals surface area contributed by atoms with Crippen LogP contribution in [0.4, 0.5) is 17.6 Å². The number of rotatable bonds is 7. The van der Waals surface area contributed by atoms with Gasteiger partial charge in [-0.3, -0.25) is 5.10 Å². The maximum absolute atomic E-state index is 5.96. The van der Waals surface area contributed by atoms with E-state index >= 15 is 0 Å². The molecule has 2 aliphatic heterocycles. The quantitative estimate of drug-likeness (QED) is 0.368. The molecule has 0 aliphatic carbocycles. The minimum absolute atomic E-state index is 0.104. The Kier molecular flexibility index (Phi) is 7.16. The highest BCUT2D eigenvalue weighted by molar-refractivity contribution is 5.90. The van der Waals surface area contributed by atoms with Gasteiger partial charge in [-0.15, -0.1) is 0 Å². The Balaban J connectivity index is 1.39. The number of ether oxygens (including phenoxy) is 3. The summed E-state index contributed by atoms with van der Waals surface area (Å²) in [6.07, 6.45) is 1.99. The van der Waals surface area contributed by atoms with Gasteiger partial charge in [-0.25, -0.2) is 4.98 Å². The number of fused-ring (bicyclic) bond motifs is 1. The van der Waals surface area contributed by atoms with Crippen molar-refractivity contribution in [2.24, 2.45) is 0 Å². The average Bonchev–Trinajstić information content (AvgIpc) is 3.49. The molecule has 204 valence electrons. The molecule has 2 saturated heterocycles. The monoisotopic (exact) mass is 530 g/mol. The summed E-state index contributed by atoms with van der Waals surface area (Å²) in [6.45, 7) is 9.15. The fraction of sp³-hybridized carbons (Fsp3) is 0.429. The smallest absolute Gasteiger partial charge is 0.229 e. The number of hydrogen-bond donors (Lipinski definition) is 2. The van der Waals surface area contributed by atoms with Crippen LogP contribution in [-0.2, 0) is 16.0 Å². The first-order valence-electron chi connectivity index (χ1n) is 13.4. The molecule has 2 atom stereocenters. The molecule has 0 saturated carbocycles. The standard InChI is InChI=1S/C28H34N8O3/c1-18-16-36(17-19(2)39-18)28-32-26-22(27(33-28)35-10-12-38-13-11-35)5-6-23(31-26)20-4-7-24(37-3)21(14-20)15-29-25-8-9-30-34-25/h4-9,14,18-19H,10-13,15-17H2,1-3H3,(H2,29,30,34). The zero-order valence-electron chi connectivity index (χ0n) is 22.6. The number of methoxy groups -OCH3 is 1. The van der Waals surface area contributed by atoms with E-state index in [4.69, 9.17) is 29.2 Å². The Morgan fingerprint density at radius 3 is 2.56 bits per heavy atom. The number of anilines is 3. The van der Waals surface area contributed by atoms with E-state index in [1.54, 1.807) is 13.3 Å². The number of nitrogens with zero attached hydrogens (tertiary/aromatic N) is 6. The van der Waals surface area contributed by atoms with Crippen molar-refractivity contribution in [2.75, 3.05) is 61.6 Å². The summed E-state index contributed by atoms with van der Waals surface area (Å²) >= 11 is 0. The Morgan fingerprint density at radius 1 is 1.00 bits per heavy atom. The molecule has 11 heteroatoms. The van der Waals surface area contributed by atoms with Crippen LogP contribution in [0.25, 0.3) is 22.3 Å². The lowest BCUT2D eigenvalue weighted by atomic mass is 10.1. The van der Waals surface area contributed by atoms with E-state index in [1.165, 1.54) is 0 Å². The summed E-state index contributed by atoms with van der Waals surface area (Å²) < 4.78 is 17.2. The lowest BCUT2D eigenvalue weighted by Crippen LogP contribution is -2.46. The fourth-order valence-electron chi connectivity index (χ4n) is 5.26. The number of aromatic amines is 1. The van der Waals surface area contributed by atoms with Gasteiger partial charge in [-0.2, -0.15) is 15.1 Å². The molecular weight excluding hydrogens is 496 g/mol. The molecular formula is C28H34N8O3. The molecule has 0 spiro atoms. The summed E-state index contributed by atoms with van der Waals surface area (Å²) in [5, 5.41) is 11.3. The van der Waals surface area contributed by atoms with Crippen LogP contribution < -0.4 is 19.9 Å². The third-order valence-electron chi connectivity index (χ3n) is 7.08. The Bertz CT molecular complexity index is 1410. The van der Waals surface area contributed by atoms with Crippen molar-refractivity contribution in [3.63, 3.8) is 0 Å². The normalized spacial score (nSPS) is 19.9. The molecule has 2 unspecified atom stereocenters. The van der Waals surface area contributed by atoms with Gasteiger partial charge in [-0.05, 0) is 50.2 Å². The van der Waals surface area contributed by atoms with Gasteiger partial charge in [0.1, 0.15) is 17.4 Å². The van der Waals surface area contributed by atoms with E-state index in [1.807, 2.05) is 24.3 Å². The molecule has 0 amide bonds. The van der Waals surface area contributed by atoms with Crippen molar-refractivity contribution in [1.82, 2.24) is 25.1 Å². The molecule has 39 heavy (non-hydrogen) atoms. The second-order valence-corrected chi connectivity index (χ2v) is 10.0. The van der Waals surface area contributed by atoms with Crippen LogP contribution in [0, 0.1) is 0 Å². The van der Waals surface area contributed by atoms with Gasteiger partial charge in [0.25, 0.3) is 0 Å². The summed E-state index contributed by atoms with van der Waals surface area (Å²) in [7, 11) is 1.68. The summed E-state index contributed by atoms with van der Waals surface area (Å²) in [4.78, 5) is 19.6. The highest BCUT2D eigenvalue weighted by Crippen LogP contribution is 2.31. The Morgan fingerprint density at radius 2 is 1.82 bits per heavy atom. The number of benzene rings is 1. The molecule has 0 radical (unpaired) electrons. The van der Waals surface area contributed by atoms with E-state index in [0.29, 0.717) is 31.4 Å². The maximum atomic E-state index is 5.96. The van der Waals surface area contributed by atoms with Gasteiger partial charge in [-0.1, -0.05) is 0 Å². The van der Waals surface area contributed by atoms with Crippen LogP contribution in [-0.4, -0.2) is 83.9 Å². The van der Waals surface area contributed by atoms with Gasteiger partial charge in [0.15, 0.2) is 5.65 Å². The van der Waals surface area contributed by atoms with E-state index in [9.17, 15) is 0 Å². The zero-order valence-corrected chi connectivity index (χ0v) is 22.6. The highest BCUT2D eigenvalue weighted by Gasteiger charge is 2.26. The SMILES string of the molecule is COc1ccc(-c2ccc3c(N4CCOCC4)nc(N4CC(C)OC(C)C4)nc3n2)cc1CNc1cc[nH]n1. The topological polar surface area (TPSA) is 114 Å². The summed E-state index contributed by atoms with van der Waals surface area (Å²) in [6, 6.07) is 12.1. The minimum Gasteiger partial charge on any atom is -0.496 e. The number of H-pyrrole nitrogens is 1. The van der Waals surface area contributed by atoms with E-state index in [-0.39, 0.29) is 12.2 Å². The predicted octanol–water partition coefficient (Wildman–Crippen LogP) is 3.49. The second-order valence-electron chi connectivity index (χ2n) is 10.0. The minimum atomic E-state index is 0.104. The van der Waals surface area contributed by atoms with Crippen molar-refractivity contribution in [3.05, 3.63) is 48.2 Å². The first kappa shape index (κ1) is 25.3. The number of pyridine rings is 1. The first-order chi connectivity index (χ1) is 19.1. The predicted molar refractivity (Wildman–Crippen MR) is 150 cm³/mol. The van der Waals surface area contributed by atoms with Crippen LogP contribution in [0.3, 0.4) is 0 Å². The van der Waals surface area contributed by atoms with Crippen LogP contribution >= 0.6 is 0 Å². The van der Waals surface area contributed by atoms with Gasteiger partial charge in [0.2, 0.25) is 5.95 Å². The van der Waals surface area contributed by atoms with Crippen LogP contribution in [0.5, 0.6) is 5.75 Å². The van der Waals surface area contributed by atoms with Gasteiger partial charge in [0, 0.05) is 50.0 Å². The molecule has 1 aromatic carbocycles. The second kappa shape index (κ2) is 11.0. The van der Waals surface area contributed by atoms with Crippen LogP contribution in [0.1, 0.15) is 19.4 Å². The van der Waals surface area contributed by atoms with Gasteiger partial charge < -0.3 is 29.3 Å².